The van der Waals surface area contributed by atoms with Gasteiger partial charge in [-0.3, -0.25) is 4.79 Å². The van der Waals surface area contributed by atoms with Crippen molar-refractivity contribution in [3.05, 3.63) is 41.0 Å². The Bertz CT molecular complexity index is 1220. The lowest BCUT2D eigenvalue weighted by Crippen LogP contribution is -2.51. The number of fused-ring (bicyclic) bond motifs is 3. The van der Waals surface area contributed by atoms with Crippen molar-refractivity contribution in [1.82, 2.24) is 14.9 Å². The molecule has 1 unspecified atom stereocenters. The summed E-state index contributed by atoms with van der Waals surface area (Å²) in [6.07, 6.45) is 0.877. The molecule has 3 aliphatic heterocycles. The fraction of sp³-hybridized carbons (Fsp3) is 0.552. The van der Waals surface area contributed by atoms with Crippen LogP contribution in [-0.2, 0) is 9.53 Å². The van der Waals surface area contributed by atoms with E-state index < -0.39 is 0 Å². The second-order valence-corrected chi connectivity index (χ2v) is 10.9. The number of ether oxygens (including phenoxy) is 5. The number of likely N-dealkylation sites (N-methyl/N-ethyl adjacent to an activating group) is 1. The number of phenolic OH excluding ortho intramolecular Hbond substituents is 1. The number of nitrogens with zero attached hydrogens (tertiary/aromatic N) is 3. The molecule has 1 aliphatic carbocycles. The van der Waals surface area contributed by atoms with E-state index >= 15 is 0 Å². The van der Waals surface area contributed by atoms with Gasteiger partial charge in [-0.2, -0.15) is 0 Å². The molecule has 0 spiro atoms. The minimum Gasteiger partial charge on any atom is -0.502 e. The SMILES string of the molecule is COc1cc([C@@H]2c3cc4c(cc3[C@@H](CCN(C)N3CCN(C)CC3)C3COC(=O)[C@@H]32)OCO4)cc(OC)c1O. The number of carbonyl (C=O) groups is 1. The van der Waals surface area contributed by atoms with Crippen LogP contribution in [0.1, 0.15) is 34.9 Å². The minimum atomic E-state index is -0.379. The lowest BCUT2D eigenvalue weighted by atomic mass is 9.62. The average Bonchev–Trinajstić information content (AvgIpc) is 3.56. The van der Waals surface area contributed by atoms with Crippen LogP contribution < -0.4 is 18.9 Å². The van der Waals surface area contributed by atoms with Gasteiger partial charge in [0.15, 0.2) is 23.0 Å². The van der Waals surface area contributed by atoms with Gasteiger partial charge in [0.05, 0.1) is 26.7 Å². The van der Waals surface area contributed by atoms with Crippen LogP contribution in [0.4, 0.5) is 0 Å². The van der Waals surface area contributed by atoms with E-state index in [1.165, 1.54) is 14.2 Å². The van der Waals surface area contributed by atoms with Gasteiger partial charge >= 0.3 is 5.97 Å². The number of piperazine rings is 1. The fourth-order valence-electron chi connectivity index (χ4n) is 6.75. The molecule has 0 amide bonds. The van der Waals surface area contributed by atoms with Crippen LogP contribution in [0.25, 0.3) is 0 Å². The van der Waals surface area contributed by atoms with Crippen molar-refractivity contribution in [3.8, 4) is 28.7 Å². The number of rotatable bonds is 7. The largest absolute Gasteiger partial charge is 0.502 e. The molecule has 1 N–H and O–H groups in total. The second-order valence-electron chi connectivity index (χ2n) is 10.9. The maximum Gasteiger partial charge on any atom is 0.310 e. The van der Waals surface area contributed by atoms with Gasteiger partial charge < -0.3 is 33.7 Å². The van der Waals surface area contributed by atoms with Crippen LogP contribution in [0.5, 0.6) is 28.7 Å². The molecular weight excluding hydrogens is 502 g/mol. The number of hydrogen-bond acceptors (Lipinski definition) is 10. The number of esters is 1. The molecule has 210 valence electrons. The first kappa shape index (κ1) is 26.0. The molecule has 10 heteroatoms. The van der Waals surface area contributed by atoms with Crippen LogP contribution in [-0.4, -0.2) is 100 Å². The Morgan fingerprint density at radius 1 is 0.974 bits per heavy atom. The van der Waals surface area contributed by atoms with E-state index in [0.29, 0.717) is 23.9 Å². The monoisotopic (exact) mass is 539 g/mol. The van der Waals surface area contributed by atoms with Crippen molar-refractivity contribution in [2.45, 2.75) is 18.3 Å². The summed E-state index contributed by atoms with van der Waals surface area (Å²) >= 11 is 0. The highest BCUT2D eigenvalue weighted by molar-refractivity contribution is 5.79. The van der Waals surface area contributed by atoms with E-state index in [-0.39, 0.29) is 42.2 Å². The summed E-state index contributed by atoms with van der Waals surface area (Å²) in [6.45, 7) is 5.53. The Balaban J connectivity index is 1.40. The third-order valence-electron chi connectivity index (χ3n) is 8.93. The molecule has 6 rings (SSSR count). The summed E-state index contributed by atoms with van der Waals surface area (Å²) in [7, 11) is 7.32. The zero-order valence-corrected chi connectivity index (χ0v) is 23.0. The van der Waals surface area contributed by atoms with Gasteiger partial charge in [0.2, 0.25) is 12.5 Å². The highest BCUT2D eigenvalue weighted by Gasteiger charge is 2.52. The molecular formula is C29H37N3O7. The smallest absolute Gasteiger partial charge is 0.310 e. The van der Waals surface area contributed by atoms with Gasteiger partial charge in [-0.15, -0.1) is 0 Å². The first-order valence-corrected chi connectivity index (χ1v) is 13.6. The molecule has 2 aromatic carbocycles. The van der Waals surface area contributed by atoms with E-state index in [1.54, 1.807) is 12.1 Å². The standard InChI is InChI=1S/C29H37N3O7/c1-30-7-9-32(10-8-30)31(2)6-5-18-19-13-22-23(39-16-38-22)14-20(19)26(27-21(18)15-37-29(27)34)17-11-24(35-3)28(33)25(12-17)36-4/h11-14,18,21,26-27,33H,5-10,15-16H2,1-4H3/t18-,21?,26-,27+/m1/s1. The summed E-state index contributed by atoms with van der Waals surface area (Å²) in [5, 5.41) is 15.3. The van der Waals surface area contributed by atoms with Crippen molar-refractivity contribution in [2.24, 2.45) is 11.8 Å². The quantitative estimate of drug-likeness (QED) is 0.530. The van der Waals surface area contributed by atoms with Gasteiger partial charge in [-0.1, -0.05) is 0 Å². The molecule has 2 fully saturated rings. The normalized spacial score (nSPS) is 26.3. The third kappa shape index (κ3) is 4.54. The molecule has 0 aromatic heterocycles. The average molecular weight is 540 g/mol. The summed E-state index contributed by atoms with van der Waals surface area (Å²) in [5.41, 5.74) is 2.99. The Hall–Kier alpha value is -3.21. The van der Waals surface area contributed by atoms with E-state index in [1.807, 2.05) is 6.07 Å². The number of phenols is 1. The lowest BCUT2D eigenvalue weighted by Gasteiger charge is -2.42. The van der Waals surface area contributed by atoms with Crippen molar-refractivity contribution in [1.29, 1.82) is 0 Å². The van der Waals surface area contributed by atoms with Crippen molar-refractivity contribution in [3.63, 3.8) is 0 Å². The van der Waals surface area contributed by atoms with Crippen LogP contribution in [0.15, 0.2) is 24.3 Å². The Morgan fingerprint density at radius 3 is 2.26 bits per heavy atom. The molecule has 4 aliphatic rings. The number of methoxy groups -OCH3 is 2. The van der Waals surface area contributed by atoms with E-state index in [4.69, 9.17) is 23.7 Å². The molecule has 0 bridgehead atoms. The van der Waals surface area contributed by atoms with Crippen molar-refractivity contribution < 1.29 is 33.6 Å². The number of hydrogen-bond donors (Lipinski definition) is 1. The summed E-state index contributed by atoms with van der Waals surface area (Å²) in [5.74, 6) is 1.15. The summed E-state index contributed by atoms with van der Waals surface area (Å²) in [6, 6.07) is 7.70. The molecule has 0 saturated carbocycles. The van der Waals surface area contributed by atoms with Crippen LogP contribution in [0.3, 0.4) is 0 Å². The van der Waals surface area contributed by atoms with Gasteiger partial charge in [-0.25, -0.2) is 10.0 Å². The number of hydrazine groups is 1. The Kier molecular flexibility index (Phi) is 6.95. The topological polar surface area (TPSA) is 93.2 Å². The van der Waals surface area contributed by atoms with E-state index in [9.17, 15) is 9.90 Å². The van der Waals surface area contributed by atoms with E-state index in [0.717, 1.165) is 61.6 Å². The van der Waals surface area contributed by atoms with Gasteiger partial charge in [0.1, 0.15) is 0 Å². The number of aromatic hydroxyl groups is 1. The van der Waals surface area contributed by atoms with Crippen LogP contribution in [0, 0.1) is 11.8 Å². The maximum atomic E-state index is 13.4. The van der Waals surface area contributed by atoms with Crippen LogP contribution >= 0.6 is 0 Å². The second kappa shape index (κ2) is 10.4. The Labute approximate surface area is 228 Å². The number of carbonyl (C=O) groups excluding carboxylic acids is 1. The van der Waals surface area contributed by atoms with Crippen LogP contribution in [0.2, 0.25) is 0 Å². The first-order valence-electron chi connectivity index (χ1n) is 13.6. The highest BCUT2D eigenvalue weighted by atomic mass is 16.7. The zero-order valence-electron chi connectivity index (χ0n) is 23.0. The first-order chi connectivity index (χ1) is 18.9. The molecule has 10 nitrogen and oxygen atoms in total. The molecule has 39 heavy (non-hydrogen) atoms. The van der Waals surface area contributed by atoms with Gasteiger partial charge in [0, 0.05) is 51.6 Å². The lowest BCUT2D eigenvalue weighted by molar-refractivity contribution is -0.141. The van der Waals surface area contributed by atoms with Crippen molar-refractivity contribution >= 4 is 5.97 Å². The maximum absolute atomic E-state index is 13.4. The number of benzene rings is 2. The molecule has 2 aromatic rings. The molecule has 4 atom stereocenters. The van der Waals surface area contributed by atoms with E-state index in [2.05, 4.69) is 35.1 Å². The summed E-state index contributed by atoms with van der Waals surface area (Å²) < 4.78 is 28.2. The molecule has 0 radical (unpaired) electrons. The molecule has 3 heterocycles. The fourth-order valence-corrected chi connectivity index (χ4v) is 6.75. The molecule has 2 saturated heterocycles. The van der Waals surface area contributed by atoms with Gasteiger partial charge in [-0.05, 0) is 60.3 Å². The highest BCUT2D eigenvalue weighted by Crippen LogP contribution is 2.57. The minimum absolute atomic E-state index is 0.00190. The third-order valence-corrected chi connectivity index (χ3v) is 8.93. The van der Waals surface area contributed by atoms with Crippen molar-refractivity contribution in [2.75, 3.05) is 74.4 Å². The Morgan fingerprint density at radius 2 is 1.62 bits per heavy atom. The van der Waals surface area contributed by atoms with Gasteiger partial charge in [0.25, 0.3) is 0 Å². The predicted molar refractivity (Wildman–Crippen MR) is 143 cm³/mol. The predicted octanol–water partition coefficient (Wildman–Crippen LogP) is 2.64. The zero-order chi connectivity index (χ0) is 27.3. The number of cyclic esters (lactones) is 1. The summed E-state index contributed by atoms with van der Waals surface area (Å²) in [4.78, 5) is 15.7.